The highest BCUT2D eigenvalue weighted by atomic mass is 35.5. The molecule has 0 spiro atoms. The molecule has 2 aromatic rings. The Morgan fingerprint density at radius 1 is 1.33 bits per heavy atom. The molecule has 2 aromatic carbocycles. The van der Waals surface area contributed by atoms with Crippen molar-refractivity contribution in [2.24, 2.45) is 4.99 Å². The van der Waals surface area contributed by atoms with Crippen molar-refractivity contribution in [1.82, 2.24) is 4.90 Å². The third-order valence-electron chi connectivity index (χ3n) is 4.16. The van der Waals surface area contributed by atoms with Gasteiger partial charge in [-0.25, -0.2) is 4.99 Å². The third-order valence-corrected chi connectivity index (χ3v) is 5.51. The van der Waals surface area contributed by atoms with E-state index in [-0.39, 0.29) is 22.4 Å². The van der Waals surface area contributed by atoms with Gasteiger partial charge in [0.25, 0.3) is 5.91 Å². The lowest BCUT2D eigenvalue weighted by Crippen LogP contribution is -2.23. The molecule has 0 bridgehead atoms. The molecule has 5 nitrogen and oxygen atoms in total. The fraction of sp³-hybridized carbons (Fsp3) is 0.200. The Labute approximate surface area is 167 Å². The van der Waals surface area contributed by atoms with E-state index in [4.69, 9.17) is 16.3 Å². The second kappa shape index (κ2) is 8.06. The van der Waals surface area contributed by atoms with Gasteiger partial charge in [-0.2, -0.15) is 0 Å². The SMILES string of the molecule is CCc1ccccc1N=C1S/C(=C/c2cc(Cl)c(O)c(OC)c2)C(=O)N1C. The number of benzene rings is 2. The fourth-order valence-electron chi connectivity index (χ4n) is 2.66. The largest absolute Gasteiger partial charge is 0.503 e. The van der Waals surface area contributed by atoms with Gasteiger partial charge in [-0.05, 0) is 53.6 Å². The monoisotopic (exact) mass is 402 g/mol. The molecule has 0 atom stereocenters. The number of halogens is 1. The molecule has 1 N–H and O–H groups in total. The molecule has 1 aliphatic rings. The van der Waals surface area contributed by atoms with Gasteiger partial charge in [0.05, 0.1) is 22.7 Å². The number of likely N-dealkylation sites (N-methyl/N-ethyl adjacent to an activating group) is 1. The highest BCUT2D eigenvalue weighted by Gasteiger charge is 2.30. The second-order valence-corrected chi connectivity index (χ2v) is 7.32. The van der Waals surface area contributed by atoms with Gasteiger partial charge < -0.3 is 9.84 Å². The van der Waals surface area contributed by atoms with Crippen LogP contribution in [0.15, 0.2) is 46.3 Å². The average Bonchev–Trinajstić information content (AvgIpc) is 2.92. The first-order chi connectivity index (χ1) is 12.9. The number of aliphatic imine (C=N–C) groups is 1. The van der Waals surface area contributed by atoms with Crippen molar-refractivity contribution < 1.29 is 14.6 Å². The highest BCUT2D eigenvalue weighted by molar-refractivity contribution is 8.18. The van der Waals surface area contributed by atoms with Crippen LogP contribution in [0.25, 0.3) is 6.08 Å². The number of para-hydroxylation sites is 1. The number of nitrogens with zero attached hydrogens (tertiary/aromatic N) is 2. The predicted octanol–water partition coefficient (Wildman–Crippen LogP) is 4.85. The number of phenolic OH excluding ortho intramolecular Hbond substituents is 1. The number of thioether (sulfide) groups is 1. The Morgan fingerprint density at radius 3 is 2.78 bits per heavy atom. The Bertz CT molecular complexity index is 956. The van der Waals surface area contributed by atoms with Gasteiger partial charge in [-0.3, -0.25) is 9.69 Å². The summed E-state index contributed by atoms with van der Waals surface area (Å²) in [6.45, 7) is 2.07. The van der Waals surface area contributed by atoms with Crippen LogP contribution in [0.5, 0.6) is 11.5 Å². The van der Waals surface area contributed by atoms with Gasteiger partial charge in [-0.15, -0.1) is 0 Å². The smallest absolute Gasteiger partial charge is 0.266 e. The first kappa shape index (κ1) is 19.3. The van der Waals surface area contributed by atoms with Crippen LogP contribution in [-0.4, -0.2) is 35.2 Å². The first-order valence-electron chi connectivity index (χ1n) is 8.35. The summed E-state index contributed by atoms with van der Waals surface area (Å²) in [5, 5.41) is 10.6. The van der Waals surface area contributed by atoms with Crippen molar-refractivity contribution in [3.8, 4) is 11.5 Å². The lowest BCUT2D eigenvalue weighted by atomic mass is 10.1. The van der Waals surface area contributed by atoms with Gasteiger partial charge in [-0.1, -0.05) is 36.7 Å². The Morgan fingerprint density at radius 2 is 2.07 bits per heavy atom. The molecule has 0 saturated carbocycles. The van der Waals surface area contributed by atoms with E-state index in [0.29, 0.717) is 15.6 Å². The summed E-state index contributed by atoms with van der Waals surface area (Å²) < 4.78 is 5.11. The lowest BCUT2D eigenvalue weighted by Gasteiger charge is -2.09. The van der Waals surface area contributed by atoms with E-state index in [9.17, 15) is 9.90 Å². The number of amidine groups is 1. The quantitative estimate of drug-likeness (QED) is 0.742. The van der Waals surface area contributed by atoms with E-state index in [1.54, 1.807) is 25.3 Å². The summed E-state index contributed by atoms with van der Waals surface area (Å²) in [4.78, 5) is 19.3. The summed E-state index contributed by atoms with van der Waals surface area (Å²) in [5.74, 6) is -0.0120. The molecular weight excluding hydrogens is 384 g/mol. The van der Waals surface area contributed by atoms with Crippen LogP contribution in [0.2, 0.25) is 5.02 Å². The standard InChI is InChI=1S/C20H19ClN2O3S/c1-4-13-7-5-6-8-15(13)22-20-23(2)19(25)17(27-20)11-12-9-14(21)18(24)16(10-12)26-3/h5-11,24H,4H2,1-3H3/b17-11+,22-20?. The van der Waals surface area contributed by atoms with Crippen LogP contribution in [0.3, 0.4) is 0 Å². The van der Waals surface area contributed by atoms with Crippen molar-refractivity contribution in [1.29, 1.82) is 0 Å². The van der Waals surface area contributed by atoms with Gasteiger partial charge in [0.1, 0.15) is 0 Å². The zero-order chi connectivity index (χ0) is 19.6. The second-order valence-electron chi connectivity index (χ2n) is 5.91. The Balaban J connectivity index is 1.96. The molecule has 1 fully saturated rings. The number of carbonyl (C=O) groups is 1. The number of hydrogen-bond donors (Lipinski definition) is 1. The molecule has 7 heteroatoms. The van der Waals surface area contributed by atoms with Crippen molar-refractivity contribution in [3.05, 3.63) is 57.5 Å². The summed E-state index contributed by atoms with van der Waals surface area (Å²) in [6.07, 6.45) is 2.58. The first-order valence-corrected chi connectivity index (χ1v) is 9.54. The van der Waals surface area contributed by atoms with Crippen LogP contribution in [-0.2, 0) is 11.2 Å². The van der Waals surface area contributed by atoms with Crippen LogP contribution >= 0.6 is 23.4 Å². The maximum Gasteiger partial charge on any atom is 0.266 e. The molecule has 0 unspecified atom stereocenters. The molecule has 0 aliphatic carbocycles. The predicted molar refractivity (Wildman–Crippen MR) is 111 cm³/mol. The van der Waals surface area contributed by atoms with Gasteiger partial charge in [0.15, 0.2) is 16.7 Å². The minimum Gasteiger partial charge on any atom is -0.503 e. The fourth-order valence-corrected chi connectivity index (χ4v) is 3.86. The number of aromatic hydroxyl groups is 1. The minimum absolute atomic E-state index is 0.123. The molecular formula is C20H19ClN2O3S. The zero-order valence-corrected chi connectivity index (χ0v) is 16.8. The maximum absolute atomic E-state index is 12.6. The van der Waals surface area contributed by atoms with Crippen LogP contribution in [0, 0.1) is 0 Å². The van der Waals surface area contributed by atoms with Gasteiger partial charge >= 0.3 is 0 Å². The van der Waals surface area contributed by atoms with Gasteiger partial charge in [0, 0.05) is 7.05 Å². The van der Waals surface area contributed by atoms with Crippen LogP contribution < -0.4 is 4.74 Å². The highest BCUT2D eigenvalue weighted by Crippen LogP contribution is 2.38. The summed E-state index contributed by atoms with van der Waals surface area (Å²) >= 11 is 7.33. The van der Waals surface area contributed by atoms with Crippen LogP contribution in [0.1, 0.15) is 18.1 Å². The summed E-state index contributed by atoms with van der Waals surface area (Å²) in [6, 6.07) is 11.1. The normalized spacial score (nSPS) is 17.2. The molecule has 0 aromatic heterocycles. The van der Waals surface area contributed by atoms with E-state index < -0.39 is 0 Å². The number of aryl methyl sites for hydroxylation is 1. The van der Waals surface area contributed by atoms with E-state index >= 15 is 0 Å². The molecule has 0 radical (unpaired) electrons. The molecule has 140 valence electrons. The number of amides is 1. The van der Waals surface area contributed by atoms with Gasteiger partial charge in [0.2, 0.25) is 0 Å². The van der Waals surface area contributed by atoms with E-state index in [1.807, 2.05) is 24.3 Å². The molecule has 3 rings (SSSR count). The van der Waals surface area contributed by atoms with Crippen molar-refractivity contribution in [3.63, 3.8) is 0 Å². The van der Waals surface area contributed by atoms with Crippen molar-refractivity contribution in [2.75, 3.05) is 14.2 Å². The average molecular weight is 403 g/mol. The van der Waals surface area contributed by atoms with Crippen LogP contribution in [0.4, 0.5) is 5.69 Å². The van der Waals surface area contributed by atoms with E-state index in [1.165, 1.54) is 23.8 Å². The van der Waals surface area contributed by atoms with Crippen molar-refractivity contribution >= 4 is 46.2 Å². The number of rotatable bonds is 4. The molecule has 1 amide bonds. The van der Waals surface area contributed by atoms with E-state index in [0.717, 1.165) is 17.7 Å². The minimum atomic E-state index is -0.143. The summed E-state index contributed by atoms with van der Waals surface area (Å²) in [7, 11) is 3.15. The molecule has 27 heavy (non-hydrogen) atoms. The third kappa shape index (κ3) is 3.96. The number of carbonyl (C=O) groups excluding carboxylic acids is 1. The lowest BCUT2D eigenvalue weighted by molar-refractivity contribution is -0.121. The molecule has 1 aliphatic heterocycles. The van der Waals surface area contributed by atoms with Crippen molar-refractivity contribution in [2.45, 2.75) is 13.3 Å². The number of ether oxygens (including phenoxy) is 1. The summed E-state index contributed by atoms with van der Waals surface area (Å²) in [5.41, 5.74) is 2.64. The Kier molecular flexibility index (Phi) is 5.77. The zero-order valence-electron chi connectivity index (χ0n) is 15.2. The van der Waals surface area contributed by atoms with E-state index in [2.05, 4.69) is 11.9 Å². The number of hydrogen-bond acceptors (Lipinski definition) is 5. The molecule has 1 heterocycles. The number of phenols is 1. The Hall–Kier alpha value is -2.44. The molecule has 1 saturated heterocycles. The number of methoxy groups -OCH3 is 1. The topological polar surface area (TPSA) is 62.1 Å². The maximum atomic E-state index is 12.6.